The molecule has 0 heterocycles. The maximum Gasteiger partial charge on any atom is 0.323 e. The molecule has 6 rings (SSSR count). The number of anilines is 2. The van der Waals surface area contributed by atoms with Crippen LogP contribution in [0.25, 0.3) is 21.5 Å². The first-order valence-electron chi connectivity index (χ1n) is 17.5. The summed E-state index contributed by atoms with van der Waals surface area (Å²) in [7, 11) is -16.9. The van der Waals surface area contributed by atoms with E-state index in [9.17, 15) is 66.9 Å². The minimum absolute atomic E-state index is 0. The van der Waals surface area contributed by atoms with Crippen molar-refractivity contribution in [2.24, 2.45) is 20.5 Å². The molecule has 0 saturated heterocycles. The molecule has 0 spiro atoms. The Labute approximate surface area is 476 Å². The molecule has 0 aliphatic heterocycles. The zero-order valence-electron chi connectivity index (χ0n) is 37.0. The fraction of sp³-hybridized carbons (Fsp3) is 0.108. The van der Waals surface area contributed by atoms with Gasteiger partial charge in [-0.1, -0.05) is 0 Å². The van der Waals surface area contributed by atoms with Crippen molar-refractivity contribution in [2.45, 2.75) is 33.4 Å². The minimum atomic E-state index is -4.89. The van der Waals surface area contributed by atoms with Gasteiger partial charge in [0.2, 0.25) is 0 Å². The van der Waals surface area contributed by atoms with Gasteiger partial charge in [-0.25, -0.2) is 4.79 Å². The molecule has 8 N–H and O–H groups in total. The van der Waals surface area contributed by atoms with Gasteiger partial charge < -0.3 is 30.3 Å². The van der Waals surface area contributed by atoms with E-state index in [1.807, 2.05) is 0 Å². The summed E-state index contributed by atoms with van der Waals surface area (Å²) >= 11 is 0. The molecule has 6 aromatic rings. The number of benzene rings is 6. The molecule has 31 heteroatoms. The normalized spacial score (nSPS) is 11.9. The number of carbonyl (C=O) groups is 1. The number of amides is 2. The number of azo groups is 2. The first-order valence-corrected chi connectivity index (χ1v) is 23.2. The molecule has 2 amide bonds. The van der Waals surface area contributed by atoms with Crippen LogP contribution in [0, 0.1) is 13.8 Å². The SMILES string of the molecule is COc1cc(N=Nc2cc(S(=O)(=O)O)cc3cc(S(=O)(=O)O)cc(O)c23)c(C)cc1NC(=O)Nc1cc(C)c(N=Nc2cc(S(=O)(=O)O)cc3cc(S(=O)(=O)O)cc(O)c23)cc1OC.[Na].[Na].[Na].[Na]. The van der Waals surface area contributed by atoms with Crippen LogP contribution in [0.4, 0.5) is 38.9 Å². The summed E-state index contributed by atoms with van der Waals surface area (Å²) in [6, 6.07) is 11.4. The first kappa shape index (κ1) is 61.3. The third-order valence-corrected chi connectivity index (χ3v) is 12.5. The molecule has 0 fully saturated rings. The standard InChI is InChI=1S/C37H32N6O17S4.4Na/c1-17-5-27(33(59-3)15-25(17)40-42-29-11-21(61(47,48)49)7-19-9-23(63(53,54)55)13-31(44)35(19)29)38-37(46)39-28-6-18(2)26(16-34(28)60-4)41-43-30-12-22(62(50,51)52)8-20-10-24(64(56,57)58)14-32(45)36(20)30;;;;/h5-16,44-45H,1-4H3,(H2,38,39,46)(H,47,48,49)(H,50,51,52)(H,53,54,55)(H,56,57,58);;;;. The van der Waals surface area contributed by atoms with Gasteiger partial charge in [-0.05, 0) is 84.3 Å². The van der Waals surface area contributed by atoms with Crippen molar-refractivity contribution in [3.63, 3.8) is 0 Å². The van der Waals surface area contributed by atoms with Crippen LogP contribution in [0.15, 0.2) is 113 Å². The molecule has 68 heavy (non-hydrogen) atoms. The predicted octanol–water partition coefficient (Wildman–Crippen LogP) is 5.98. The monoisotopic (exact) mass is 1050 g/mol. The molecule has 0 aromatic heterocycles. The number of nitrogens with one attached hydrogen (secondary N) is 2. The van der Waals surface area contributed by atoms with Gasteiger partial charge in [0.05, 0.1) is 78.7 Å². The molecule has 6 aromatic carbocycles. The van der Waals surface area contributed by atoms with E-state index in [1.54, 1.807) is 13.8 Å². The second kappa shape index (κ2) is 23.6. The molecular formula is C37H32N6Na4O17S4. The smallest absolute Gasteiger partial charge is 0.323 e. The van der Waals surface area contributed by atoms with Gasteiger partial charge in [0.15, 0.2) is 0 Å². The Hall–Kier alpha value is -2.85. The summed E-state index contributed by atoms with van der Waals surface area (Å²) in [5.41, 5.74) is 0.571. The van der Waals surface area contributed by atoms with Crippen LogP contribution in [0.5, 0.6) is 23.0 Å². The quantitative estimate of drug-likeness (QED) is 0.0397. The van der Waals surface area contributed by atoms with Crippen molar-refractivity contribution in [1.82, 2.24) is 0 Å². The van der Waals surface area contributed by atoms with Crippen LogP contribution in [0.3, 0.4) is 0 Å². The fourth-order valence-electron chi connectivity index (χ4n) is 6.18. The van der Waals surface area contributed by atoms with E-state index in [0.29, 0.717) is 23.3 Å². The van der Waals surface area contributed by atoms with Crippen LogP contribution in [-0.4, -0.2) is 201 Å². The molecule has 4 radical (unpaired) electrons. The summed E-state index contributed by atoms with van der Waals surface area (Å²) in [6.45, 7) is 3.14. The summed E-state index contributed by atoms with van der Waals surface area (Å²) in [4.78, 5) is 10.3. The van der Waals surface area contributed by atoms with E-state index < -0.39 is 77.6 Å². The van der Waals surface area contributed by atoms with Crippen LogP contribution in [0.2, 0.25) is 0 Å². The summed E-state index contributed by atoms with van der Waals surface area (Å²) in [6.07, 6.45) is 0. The molecule has 23 nitrogen and oxygen atoms in total. The molecular weight excluding hydrogens is 1020 g/mol. The number of phenolic OH excluding ortho intramolecular Hbond substituents is 2. The van der Waals surface area contributed by atoms with Crippen LogP contribution < -0.4 is 20.1 Å². The van der Waals surface area contributed by atoms with Crippen molar-refractivity contribution in [3.8, 4) is 23.0 Å². The Balaban J connectivity index is 0.00000397. The van der Waals surface area contributed by atoms with Gasteiger partial charge >= 0.3 is 6.03 Å². The Bertz CT molecular complexity index is 3270. The minimum Gasteiger partial charge on any atom is -0.507 e. The number of carbonyl (C=O) groups excluding carboxylic acids is 1. The van der Waals surface area contributed by atoms with Gasteiger partial charge in [-0.3, -0.25) is 18.2 Å². The number of hydrogen-bond acceptors (Lipinski definition) is 17. The fourth-order valence-corrected chi connectivity index (χ4v) is 8.33. The Morgan fingerprint density at radius 1 is 0.456 bits per heavy atom. The van der Waals surface area contributed by atoms with Crippen molar-refractivity contribution in [1.29, 1.82) is 0 Å². The number of rotatable bonds is 12. The molecule has 0 aliphatic rings. The second-order valence-electron chi connectivity index (χ2n) is 13.5. The molecule has 0 saturated carbocycles. The molecule has 0 bridgehead atoms. The predicted molar refractivity (Wildman–Crippen MR) is 250 cm³/mol. The van der Waals surface area contributed by atoms with Crippen molar-refractivity contribution < 1.29 is 76.4 Å². The Morgan fingerprint density at radius 2 is 0.735 bits per heavy atom. The van der Waals surface area contributed by atoms with Crippen molar-refractivity contribution in [3.05, 3.63) is 83.9 Å². The third kappa shape index (κ3) is 14.2. The van der Waals surface area contributed by atoms with E-state index >= 15 is 0 Å². The second-order valence-corrected chi connectivity index (χ2v) is 19.2. The average Bonchev–Trinajstić information content (AvgIpc) is 3.18. The topological polar surface area (TPSA) is 367 Å². The maximum absolute atomic E-state index is 13.3. The van der Waals surface area contributed by atoms with Crippen LogP contribution in [-0.2, 0) is 40.5 Å². The van der Waals surface area contributed by atoms with Crippen molar-refractivity contribution in [2.75, 3.05) is 24.9 Å². The number of ether oxygens (including phenoxy) is 2. The third-order valence-electron chi connectivity index (χ3n) is 9.16. The number of aromatic hydroxyl groups is 2. The number of hydrogen-bond donors (Lipinski definition) is 8. The first-order chi connectivity index (χ1) is 29.7. The van der Waals surface area contributed by atoms with Crippen LogP contribution in [0.1, 0.15) is 11.1 Å². The number of urea groups is 1. The number of aryl methyl sites for hydroxylation is 2. The van der Waals surface area contributed by atoms with Crippen LogP contribution >= 0.6 is 0 Å². The number of fused-ring (bicyclic) bond motifs is 2. The molecule has 0 aliphatic carbocycles. The van der Waals surface area contributed by atoms with Gasteiger partial charge in [0.25, 0.3) is 40.5 Å². The number of phenols is 2. The van der Waals surface area contributed by atoms with Gasteiger partial charge in [0, 0.05) is 142 Å². The number of nitrogens with zero attached hydrogens (tertiary/aromatic N) is 4. The van der Waals surface area contributed by atoms with E-state index in [1.165, 1.54) is 38.5 Å². The summed E-state index contributed by atoms with van der Waals surface area (Å²) in [5, 5.41) is 42.1. The molecule has 0 atom stereocenters. The van der Waals surface area contributed by atoms with E-state index in [4.69, 9.17) is 9.47 Å². The van der Waals surface area contributed by atoms with E-state index in [-0.39, 0.29) is 185 Å². The largest absolute Gasteiger partial charge is 0.507 e. The van der Waals surface area contributed by atoms with Crippen molar-refractivity contribution >= 4 is 220 Å². The Kier molecular flexibility index (Phi) is 21.3. The summed E-state index contributed by atoms with van der Waals surface area (Å²) < 4.78 is 144. The van der Waals surface area contributed by atoms with Gasteiger partial charge in [-0.15, -0.1) is 10.2 Å². The van der Waals surface area contributed by atoms with Gasteiger partial charge in [0.1, 0.15) is 23.0 Å². The summed E-state index contributed by atoms with van der Waals surface area (Å²) in [5.74, 6) is -1.33. The Morgan fingerprint density at radius 3 is 1.01 bits per heavy atom. The van der Waals surface area contributed by atoms with E-state index in [2.05, 4.69) is 31.1 Å². The zero-order valence-corrected chi connectivity index (χ0v) is 48.3. The maximum atomic E-state index is 13.3. The number of methoxy groups -OCH3 is 2. The molecule has 0 unspecified atom stereocenters. The molecule has 340 valence electrons. The zero-order chi connectivity index (χ0) is 47.3. The average molecular weight is 1050 g/mol. The van der Waals surface area contributed by atoms with Gasteiger partial charge in [-0.2, -0.15) is 43.9 Å². The van der Waals surface area contributed by atoms with E-state index in [0.717, 1.165) is 36.4 Å².